The first-order chi connectivity index (χ1) is 6.27. The van der Waals surface area contributed by atoms with Gasteiger partial charge in [-0.2, -0.15) is 0 Å². The van der Waals surface area contributed by atoms with Crippen molar-refractivity contribution in [3.05, 3.63) is 21.9 Å². The van der Waals surface area contributed by atoms with Gasteiger partial charge in [0.05, 0.1) is 0 Å². The van der Waals surface area contributed by atoms with Gasteiger partial charge in [0.15, 0.2) is 0 Å². The van der Waals surface area contributed by atoms with Crippen LogP contribution in [-0.2, 0) is 5.41 Å². The van der Waals surface area contributed by atoms with Crippen molar-refractivity contribution in [2.45, 2.75) is 38.0 Å². The van der Waals surface area contributed by atoms with Crippen molar-refractivity contribution >= 4 is 11.3 Å². The molecule has 1 aliphatic carbocycles. The first kappa shape index (κ1) is 9.22. The highest BCUT2D eigenvalue weighted by Crippen LogP contribution is 2.48. The number of rotatable bonds is 3. The van der Waals surface area contributed by atoms with Crippen LogP contribution in [0.2, 0.25) is 0 Å². The average Bonchev–Trinajstić information content (AvgIpc) is 2.44. The Morgan fingerprint density at radius 2 is 2.31 bits per heavy atom. The Morgan fingerprint density at radius 3 is 2.69 bits per heavy atom. The maximum atomic E-state index is 5.67. The maximum absolute atomic E-state index is 5.67. The van der Waals surface area contributed by atoms with E-state index in [-0.39, 0.29) is 0 Å². The van der Waals surface area contributed by atoms with Gasteiger partial charge in [-0.15, -0.1) is 11.3 Å². The summed E-state index contributed by atoms with van der Waals surface area (Å²) in [6, 6.07) is 2.35. The van der Waals surface area contributed by atoms with Crippen LogP contribution in [0.3, 0.4) is 0 Å². The van der Waals surface area contributed by atoms with Gasteiger partial charge in [0.1, 0.15) is 0 Å². The molecule has 1 aromatic heterocycles. The standard InChI is InChI=1S/C11H17NS/c1-9-7-10(13-8-9)11(5-6-12)3-2-4-11/h7-8H,2-6,12H2,1H3. The van der Waals surface area contributed by atoms with Gasteiger partial charge in [0.2, 0.25) is 0 Å². The lowest BCUT2D eigenvalue weighted by Gasteiger charge is -2.41. The summed E-state index contributed by atoms with van der Waals surface area (Å²) in [5.74, 6) is 0. The van der Waals surface area contributed by atoms with Gasteiger partial charge in [-0.3, -0.25) is 0 Å². The van der Waals surface area contributed by atoms with E-state index < -0.39 is 0 Å². The van der Waals surface area contributed by atoms with Gasteiger partial charge in [-0.05, 0) is 49.7 Å². The van der Waals surface area contributed by atoms with E-state index in [0.29, 0.717) is 5.41 Å². The zero-order valence-corrected chi connectivity index (χ0v) is 8.99. The van der Waals surface area contributed by atoms with Gasteiger partial charge >= 0.3 is 0 Å². The van der Waals surface area contributed by atoms with E-state index in [0.717, 1.165) is 6.54 Å². The third-order valence-corrected chi connectivity index (χ3v) is 4.48. The fraction of sp³-hybridized carbons (Fsp3) is 0.636. The zero-order valence-electron chi connectivity index (χ0n) is 8.18. The molecule has 1 fully saturated rings. The van der Waals surface area contributed by atoms with Crippen LogP contribution in [0.1, 0.15) is 36.1 Å². The van der Waals surface area contributed by atoms with Gasteiger partial charge < -0.3 is 5.73 Å². The molecule has 1 saturated carbocycles. The minimum atomic E-state index is 0.480. The Kier molecular flexibility index (Phi) is 2.43. The monoisotopic (exact) mass is 195 g/mol. The SMILES string of the molecule is Cc1csc(C2(CCN)CCC2)c1. The third kappa shape index (κ3) is 1.53. The summed E-state index contributed by atoms with van der Waals surface area (Å²) in [7, 11) is 0. The number of hydrogen-bond acceptors (Lipinski definition) is 2. The number of thiophene rings is 1. The molecule has 0 atom stereocenters. The largest absolute Gasteiger partial charge is 0.330 e. The van der Waals surface area contributed by atoms with Crippen molar-refractivity contribution in [2.75, 3.05) is 6.54 Å². The Morgan fingerprint density at radius 1 is 1.54 bits per heavy atom. The van der Waals surface area contributed by atoms with E-state index in [4.69, 9.17) is 5.73 Å². The second kappa shape index (κ2) is 3.43. The summed E-state index contributed by atoms with van der Waals surface area (Å²) < 4.78 is 0. The lowest BCUT2D eigenvalue weighted by molar-refractivity contribution is 0.234. The highest BCUT2D eigenvalue weighted by molar-refractivity contribution is 7.10. The van der Waals surface area contributed by atoms with Crippen molar-refractivity contribution in [3.63, 3.8) is 0 Å². The number of aryl methyl sites for hydroxylation is 1. The first-order valence-electron chi connectivity index (χ1n) is 5.02. The van der Waals surface area contributed by atoms with Crippen LogP contribution < -0.4 is 5.73 Å². The molecule has 2 N–H and O–H groups in total. The maximum Gasteiger partial charge on any atom is 0.0110 e. The topological polar surface area (TPSA) is 26.0 Å². The Bertz CT molecular complexity index is 286. The molecule has 0 aromatic carbocycles. The van der Waals surface area contributed by atoms with Crippen molar-refractivity contribution in [1.29, 1.82) is 0 Å². The van der Waals surface area contributed by atoms with Crippen LogP contribution >= 0.6 is 11.3 Å². The molecule has 0 aliphatic heterocycles. The molecular weight excluding hydrogens is 178 g/mol. The third-order valence-electron chi connectivity index (χ3n) is 3.19. The predicted molar refractivity (Wildman–Crippen MR) is 58.3 cm³/mol. The van der Waals surface area contributed by atoms with Gasteiger partial charge in [0.25, 0.3) is 0 Å². The predicted octanol–water partition coefficient (Wildman–Crippen LogP) is 2.83. The molecule has 13 heavy (non-hydrogen) atoms. The molecule has 1 heterocycles. The van der Waals surface area contributed by atoms with Crippen molar-refractivity contribution < 1.29 is 0 Å². The molecule has 0 spiro atoms. The molecule has 1 aromatic rings. The van der Waals surface area contributed by atoms with Crippen LogP contribution in [-0.4, -0.2) is 6.54 Å². The molecule has 1 aliphatic rings. The van der Waals surface area contributed by atoms with Crippen LogP contribution in [0.25, 0.3) is 0 Å². The van der Waals surface area contributed by atoms with E-state index in [1.54, 1.807) is 4.88 Å². The summed E-state index contributed by atoms with van der Waals surface area (Å²) in [6.45, 7) is 3.01. The summed E-state index contributed by atoms with van der Waals surface area (Å²) in [5.41, 5.74) is 7.56. The Hall–Kier alpha value is -0.340. The van der Waals surface area contributed by atoms with Gasteiger partial charge in [-0.25, -0.2) is 0 Å². The zero-order chi connectivity index (χ0) is 9.31. The molecule has 0 bridgehead atoms. The summed E-state index contributed by atoms with van der Waals surface area (Å²) in [5, 5.41) is 2.26. The lowest BCUT2D eigenvalue weighted by Crippen LogP contribution is -2.35. The van der Waals surface area contributed by atoms with Gasteiger partial charge in [-0.1, -0.05) is 6.42 Å². The molecule has 0 saturated heterocycles. The van der Waals surface area contributed by atoms with E-state index in [1.165, 1.54) is 31.2 Å². The first-order valence-corrected chi connectivity index (χ1v) is 5.90. The van der Waals surface area contributed by atoms with E-state index >= 15 is 0 Å². The number of hydrogen-bond donors (Lipinski definition) is 1. The second-order valence-corrected chi connectivity index (χ2v) is 5.07. The van der Waals surface area contributed by atoms with E-state index in [1.807, 2.05) is 11.3 Å². The quantitative estimate of drug-likeness (QED) is 0.788. The minimum Gasteiger partial charge on any atom is -0.330 e. The molecular formula is C11H17NS. The fourth-order valence-corrected chi connectivity index (χ4v) is 3.40. The molecule has 1 nitrogen and oxygen atoms in total. The molecule has 0 unspecified atom stereocenters. The second-order valence-electron chi connectivity index (χ2n) is 4.16. The molecule has 0 radical (unpaired) electrons. The van der Waals surface area contributed by atoms with Crippen LogP contribution in [0.15, 0.2) is 11.4 Å². The van der Waals surface area contributed by atoms with E-state index in [9.17, 15) is 0 Å². The van der Waals surface area contributed by atoms with Gasteiger partial charge in [0, 0.05) is 10.3 Å². The number of nitrogens with two attached hydrogens (primary N) is 1. The van der Waals surface area contributed by atoms with E-state index in [2.05, 4.69) is 18.4 Å². The van der Waals surface area contributed by atoms with Crippen LogP contribution in [0, 0.1) is 6.92 Å². The van der Waals surface area contributed by atoms with Crippen molar-refractivity contribution in [1.82, 2.24) is 0 Å². The average molecular weight is 195 g/mol. The lowest BCUT2D eigenvalue weighted by atomic mass is 9.65. The van der Waals surface area contributed by atoms with Crippen LogP contribution in [0.5, 0.6) is 0 Å². The Balaban J connectivity index is 2.21. The highest BCUT2D eigenvalue weighted by atomic mass is 32.1. The smallest absolute Gasteiger partial charge is 0.0110 e. The molecule has 2 rings (SSSR count). The summed E-state index contributed by atoms with van der Waals surface area (Å²) >= 11 is 1.92. The minimum absolute atomic E-state index is 0.480. The molecule has 72 valence electrons. The molecule has 2 heteroatoms. The Labute approximate surface area is 84.0 Å². The highest BCUT2D eigenvalue weighted by Gasteiger charge is 2.38. The van der Waals surface area contributed by atoms with Crippen molar-refractivity contribution in [2.24, 2.45) is 5.73 Å². The molecule has 0 amide bonds. The van der Waals surface area contributed by atoms with Crippen LogP contribution in [0.4, 0.5) is 0 Å². The summed E-state index contributed by atoms with van der Waals surface area (Å²) in [4.78, 5) is 1.57. The summed E-state index contributed by atoms with van der Waals surface area (Å²) in [6.07, 6.45) is 5.26. The van der Waals surface area contributed by atoms with Crippen molar-refractivity contribution in [3.8, 4) is 0 Å². The normalized spacial score (nSPS) is 19.8. The fourth-order valence-electron chi connectivity index (χ4n) is 2.21.